The van der Waals surface area contributed by atoms with Gasteiger partial charge in [0.25, 0.3) is 7.82 Å². The predicted octanol–water partition coefficient (Wildman–Crippen LogP) is 7.54. The molecular weight excluding hydrogens is 577 g/mol. The van der Waals surface area contributed by atoms with Crippen molar-refractivity contribution in [2.45, 2.75) is 103 Å². The SMILES string of the molecule is CCCCCCCCCCCCCCCCOCC(CNC(=O)Nc1ccc(Cl)cc1)OP(=O)([O-])OCC[N+](C)(C)C. The van der Waals surface area contributed by atoms with E-state index >= 15 is 0 Å². The Morgan fingerprint density at radius 3 is 1.93 bits per heavy atom. The number of rotatable bonds is 26. The maximum Gasteiger partial charge on any atom is 0.319 e. The van der Waals surface area contributed by atoms with E-state index in [1.165, 1.54) is 77.0 Å². The third kappa shape index (κ3) is 23.3. The number of carbonyl (C=O) groups excluding carboxylic acids is 1. The molecular formula is C31H57ClN3O6P. The van der Waals surface area contributed by atoms with Crippen LogP contribution in [0.25, 0.3) is 0 Å². The summed E-state index contributed by atoms with van der Waals surface area (Å²) in [5, 5.41) is 5.88. The molecule has 0 spiro atoms. The third-order valence-electron chi connectivity index (χ3n) is 6.83. The summed E-state index contributed by atoms with van der Waals surface area (Å²) in [6, 6.07) is 6.17. The first-order valence-electron chi connectivity index (χ1n) is 15.8. The molecule has 0 aliphatic rings. The zero-order chi connectivity index (χ0) is 31.1. The van der Waals surface area contributed by atoms with Gasteiger partial charge in [-0.05, 0) is 30.7 Å². The average Bonchev–Trinajstić information content (AvgIpc) is 2.91. The highest BCUT2D eigenvalue weighted by Crippen LogP contribution is 2.39. The number of anilines is 1. The molecule has 244 valence electrons. The van der Waals surface area contributed by atoms with Gasteiger partial charge in [-0.15, -0.1) is 0 Å². The number of halogens is 1. The van der Waals surface area contributed by atoms with Crippen LogP contribution in [0.15, 0.2) is 24.3 Å². The molecule has 0 aliphatic carbocycles. The molecule has 1 rings (SSSR count). The second kappa shape index (κ2) is 23.2. The van der Waals surface area contributed by atoms with Crippen molar-refractivity contribution in [3.8, 4) is 0 Å². The van der Waals surface area contributed by atoms with E-state index in [1.54, 1.807) is 24.3 Å². The average molecular weight is 634 g/mol. The van der Waals surface area contributed by atoms with Crippen molar-refractivity contribution in [1.82, 2.24) is 5.32 Å². The Bertz CT molecular complexity index is 869. The highest BCUT2D eigenvalue weighted by atomic mass is 35.5. The first-order chi connectivity index (χ1) is 20.0. The Kier molecular flexibility index (Phi) is 21.5. The number of ether oxygens (including phenoxy) is 1. The molecule has 0 radical (unpaired) electrons. The first kappa shape index (κ1) is 38.8. The number of urea groups is 1. The number of phosphoric acid groups is 1. The number of benzene rings is 1. The largest absolute Gasteiger partial charge is 0.756 e. The van der Waals surface area contributed by atoms with Gasteiger partial charge in [0.05, 0.1) is 27.7 Å². The normalized spacial score (nSPS) is 14.0. The number of amides is 2. The minimum atomic E-state index is -4.58. The molecule has 0 fully saturated rings. The van der Waals surface area contributed by atoms with Gasteiger partial charge in [-0.25, -0.2) is 4.79 Å². The van der Waals surface area contributed by atoms with Crippen LogP contribution in [0, 0.1) is 0 Å². The number of hydrogen-bond donors (Lipinski definition) is 2. The van der Waals surface area contributed by atoms with Gasteiger partial charge in [0, 0.05) is 23.9 Å². The van der Waals surface area contributed by atoms with E-state index in [0.717, 1.165) is 12.8 Å². The van der Waals surface area contributed by atoms with Gasteiger partial charge < -0.3 is 33.8 Å². The number of likely N-dealkylation sites (N-methyl/N-ethyl adjacent to an activating group) is 1. The third-order valence-corrected chi connectivity index (χ3v) is 8.14. The number of carbonyl (C=O) groups is 1. The summed E-state index contributed by atoms with van der Waals surface area (Å²) < 4.78 is 29.1. The molecule has 1 aromatic carbocycles. The second-order valence-corrected chi connectivity index (χ2v) is 13.8. The van der Waals surface area contributed by atoms with Crippen LogP contribution in [0.4, 0.5) is 10.5 Å². The van der Waals surface area contributed by atoms with Crippen molar-refractivity contribution in [2.75, 3.05) is 59.4 Å². The summed E-state index contributed by atoms with van der Waals surface area (Å²) >= 11 is 5.88. The number of hydrogen-bond acceptors (Lipinski definition) is 6. The van der Waals surface area contributed by atoms with E-state index in [-0.39, 0.29) is 19.8 Å². The zero-order valence-corrected chi connectivity index (χ0v) is 28.2. The molecule has 42 heavy (non-hydrogen) atoms. The van der Waals surface area contributed by atoms with Gasteiger partial charge in [0.1, 0.15) is 19.3 Å². The molecule has 0 bridgehead atoms. The summed E-state index contributed by atoms with van der Waals surface area (Å²) in [7, 11) is 1.24. The molecule has 2 atom stereocenters. The minimum absolute atomic E-state index is 0.00137. The fraction of sp³-hybridized carbons (Fsp3) is 0.774. The van der Waals surface area contributed by atoms with Crippen LogP contribution >= 0.6 is 19.4 Å². The Hall–Kier alpha value is -1.19. The Labute approximate surface area is 260 Å². The summed E-state index contributed by atoms with van der Waals surface area (Å²) in [6.07, 6.45) is 17.0. The van der Waals surface area contributed by atoms with E-state index in [1.807, 2.05) is 21.1 Å². The molecule has 2 amide bonds. The van der Waals surface area contributed by atoms with Crippen molar-refractivity contribution in [3.63, 3.8) is 0 Å². The topological polar surface area (TPSA) is 109 Å². The fourth-order valence-electron chi connectivity index (χ4n) is 4.29. The van der Waals surface area contributed by atoms with E-state index in [9.17, 15) is 14.3 Å². The fourth-order valence-corrected chi connectivity index (χ4v) is 5.29. The number of nitrogens with one attached hydrogen (secondary N) is 2. The maximum absolute atomic E-state index is 12.4. The van der Waals surface area contributed by atoms with Crippen LogP contribution in [-0.2, 0) is 18.3 Å². The molecule has 0 saturated carbocycles. The van der Waals surface area contributed by atoms with Crippen molar-refractivity contribution in [3.05, 3.63) is 29.3 Å². The molecule has 0 heterocycles. The molecule has 0 saturated heterocycles. The molecule has 9 nitrogen and oxygen atoms in total. The Morgan fingerprint density at radius 1 is 0.881 bits per heavy atom. The quantitative estimate of drug-likeness (QED) is 0.0620. The molecule has 0 aromatic heterocycles. The van der Waals surface area contributed by atoms with Crippen LogP contribution in [-0.4, -0.2) is 70.7 Å². The smallest absolute Gasteiger partial charge is 0.319 e. The highest BCUT2D eigenvalue weighted by molar-refractivity contribution is 7.45. The van der Waals surface area contributed by atoms with Gasteiger partial charge in [-0.3, -0.25) is 4.57 Å². The molecule has 1 aromatic rings. The molecule has 2 unspecified atom stereocenters. The van der Waals surface area contributed by atoms with E-state index < -0.39 is 20.0 Å². The molecule has 0 aliphatic heterocycles. The minimum Gasteiger partial charge on any atom is -0.756 e. The number of phosphoric ester groups is 1. The number of quaternary nitrogens is 1. The summed E-state index contributed by atoms with van der Waals surface area (Å²) in [5.41, 5.74) is 0.557. The molecule has 11 heteroatoms. The summed E-state index contributed by atoms with van der Waals surface area (Å²) in [4.78, 5) is 24.8. The standard InChI is InChI=1S/C31H57ClN3O6P/c1-5-6-7-8-9-10-11-12-13-14-15-16-17-18-24-39-27-30(41-42(37,38)40-25-23-35(2,3)4)26-33-31(36)34-29-21-19-28(32)20-22-29/h19-22,30H,5-18,23-27H2,1-4H3,(H2-,33,34,36,37,38). The van der Waals surface area contributed by atoms with Crippen LogP contribution < -0.4 is 15.5 Å². The van der Waals surface area contributed by atoms with Gasteiger partial charge in [-0.2, -0.15) is 0 Å². The predicted molar refractivity (Wildman–Crippen MR) is 171 cm³/mol. The van der Waals surface area contributed by atoms with Gasteiger partial charge in [0.2, 0.25) is 0 Å². The van der Waals surface area contributed by atoms with Gasteiger partial charge in [0.15, 0.2) is 0 Å². The summed E-state index contributed by atoms with van der Waals surface area (Å²) in [5.74, 6) is 0. The van der Waals surface area contributed by atoms with Crippen molar-refractivity contribution in [1.29, 1.82) is 0 Å². The lowest BCUT2D eigenvalue weighted by molar-refractivity contribution is -0.870. The lowest BCUT2D eigenvalue weighted by Gasteiger charge is -2.30. The number of nitrogens with zero attached hydrogens (tertiary/aromatic N) is 1. The van der Waals surface area contributed by atoms with Gasteiger partial charge >= 0.3 is 6.03 Å². The van der Waals surface area contributed by atoms with Gasteiger partial charge in [-0.1, -0.05) is 102 Å². The summed E-state index contributed by atoms with van der Waals surface area (Å²) in [6.45, 7) is 3.21. The van der Waals surface area contributed by atoms with Crippen molar-refractivity contribution >= 4 is 31.1 Å². The van der Waals surface area contributed by atoms with Crippen molar-refractivity contribution in [2.24, 2.45) is 0 Å². The monoisotopic (exact) mass is 633 g/mol. The highest BCUT2D eigenvalue weighted by Gasteiger charge is 2.21. The zero-order valence-electron chi connectivity index (χ0n) is 26.5. The lowest BCUT2D eigenvalue weighted by Crippen LogP contribution is -2.40. The van der Waals surface area contributed by atoms with E-state index in [2.05, 4.69) is 17.6 Å². The Morgan fingerprint density at radius 2 is 1.40 bits per heavy atom. The Balaban J connectivity index is 2.31. The van der Waals surface area contributed by atoms with E-state index in [4.69, 9.17) is 25.4 Å². The number of unbranched alkanes of at least 4 members (excludes halogenated alkanes) is 13. The lowest BCUT2D eigenvalue weighted by atomic mass is 10.0. The maximum atomic E-state index is 12.4. The first-order valence-corrected chi connectivity index (χ1v) is 17.7. The van der Waals surface area contributed by atoms with E-state index in [0.29, 0.717) is 28.3 Å². The van der Waals surface area contributed by atoms with Crippen LogP contribution in [0.3, 0.4) is 0 Å². The second-order valence-electron chi connectivity index (χ2n) is 12.0. The van der Waals surface area contributed by atoms with Crippen molar-refractivity contribution < 1.29 is 32.5 Å². The molecule has 2 N–H and O–H groups in total. The van der Waals surface area contributed by atoms with Crippen LogP contribution in [0.1, 0.15) is 96.8 Å². The van der Waals surface area contributed by atoms with Crippen LogP contribution in [0.5, 0.6) is 0 Å². The van der Waals surface area contributed by atoms with Crippen LogP contribution in [0.2, 0.25) is 5.02 Å².